The number of amides is 1. The molecule has 1 fully saturated rings. The van der Waals surface area contributed by atoms with Crippen molar-refractivity contribution in [2.75, 3.05) is 5.32 Å². The largest absolute Gasteiger partial charge is 0.489 e. The van der Waals surface area contributed by atoms with Crippen molar-refractivity contribution in [3.63, 3.8) is 0 Å². The Hall–Kier alpha value is -3.58. The predicted molar refractivity (Wildman–Crippen MR) is 125 cm³/mol. The van der Waals surface area contributed by atoms with Gasteiger partial charge in [-0.2, -0.15) is 0 Å². The van der Waals surface area contributed by atoms with Crippen LogP contribution in [0.25, 0.3) is 11.0 Å². The van der Waals surface area contributed by atoms with E-state index in [-0.39, 0.29) is 5.91 Å². The van der Waals surface area contributed by atoms with Crippen molar-refractivity contribution in [2.24, 2.45) is 0 Å². The molecule has 2 aromatic carbocycles. The zero-order chi connectivity index (χ0) is 22.5. The van der Waals surface area contributed by atoms with Crippen LogP contribution >= 0.6 is 11.6 Å². The van der Waals surface area contributed by atoms with Crippen LogP contribution in [0.2, 0.25) is 5.02 Å². The van der Waals surface area contributed by atoms with Crippen molar-refractivity contribution in [3.8, 4) is 17.2 Å². The van der Waals surface area contributed by atoms with Crippen molar-refractivity contribution in [2.45, 2.75) is 38.2 Å². The first kappa shape index (κ1) is 20.1. The van der Waals surface area contributed by atoms with E-state index in [0.29, 0.717) is 30.7 Å². The number of pyridine rings is 1. The topological polar surface area (TPSA) is 89.1 Å². The molecule has 0 bridgehead atoms. The summed E-state index contributed by atoms with van der Waals surface area (Å²) in [4.78, 5) is 22.8. The lowest BCUT2D eigenvalue weighted by molar-refractivity contribution is -0.116. The van der Waals surface area contributed by atoms with E-state index in [1.54, 1.807) is 12.5 Å². The number of aromatic amines is 1. The van der Waals surface area contributed by atoms with Gasteiger partial charge in [-0.05, 0) is 61.7 Å². The van der Waals surface area contributed by atoms with Gasteiger partial charge in [-0.3, -0.25) is 4.79 Å². The zero-order valence-electron chi connectivity index (χ0n) is 17.9. The first-order valence-corrected chi connectivity index (χ1v) is 11.3. The van der Waals surface area contributed by atoms with Gasteiger partial charge < -0.3 is 19.8 Å². The predicted octanol–water partition coefficient (Wildman–Crippen LogP) is 5.53. The van der Waals surface area contributed by atoms with Crippen molar-refractivity contribution in [3.05, 3.63) is 70.6 Å². The SMILES string of the molecule is Cc1cc2[nH]cnc2cc1Cl.O=C1CCc2c(Oc3ccc4c(c3)C3CC3O4)ccnc2N1. The van der Waals surface area contributed by atoms with Crippen LogP contribution < -0.4 is 14.8 Å². The van der Waals surface area contributed by atoms with Crippen LogP contribution in [0.4, 0.5) is 5.82 Å². The van der Waals surface area contributed by atoms with Crippen molar-refractivity contribution in [1.82, 2.24) is 15.0 Å². The minimum absolute atomic E-state index is 0.00612. The molecule has 2 unspecified atom stereocenters. The van der Waals surface area contributed by atoms with E-state index in [4.69, 9.17) is 21.1 Å². The van der Waals surface area contributed by atoms with Gasteiger partial charge in [-0.15, -0.1) is 0 Å². The van der Waals surface area contributed by atoms with Gasteiger partial charge in [-0.1, -0.05) is 11.6 Å². The average molecular weight is 461 g/mol. The van der Waals surface area contributed by atoms with Crippen molar-refractivity contribution >= 4 is 34.4 Å². The summed E-state index contributed by atoms with van der Waals surface area (Å²) in [6.45, 7) is 1.97. The number of benzene rings is 2. The van der Waals surface area contributed by atoms with Crippen LogP contribution in [0.3, 0.4) is 0 Å². The highest BCUT2D eigenvalue weighted by Gasteiger charge is 2.48. The number of hydrogen-bond acceptors (Lipinski definition) is 5. The van der Waals surface area contributed by atoms with Gasteiger partial charge in [0.25, 0.3) is 0 Å². The number of anilines is 1. The standard InChI is InChI=1S/C17H14N2O3.C8H7ClN2/c20-16-4-2-10-14(5-6-18-17(10)19-16)21-9-1-3-13-11(7-9)12-8-15(12)22-13;1-5-2-7-8(3-6(5)9)11-4-10-7/h1,3,5-7,12,15H,2,4,8H2,(H,18,19,20);2-4H,1H3,(H,10,11). The second-order valence-corrected chi connectivity index (χ2v) is 8.91. The second-order valence-electron chi connectivity index (χ2n) is 8.51. The van der Waals surface area contributed by atoms with Crippen LogP contribution in [-0.4, -0.2) is 27.0 Å². The van der Waals surface area contributed by atoms with Gasteiger partial charge in [0.05, 0.1) is 17.4 Å². The Bertz CT molecular complexity index is 1360. The van der Waals surface area contributed by atoms with Gasteiger partial charge in [-0.25, -0.2) is 9.97 Å². The summed E-state index contributed by atoms with van der Waals surface area (Å²) in [6, 6.07) is 11.7. The third-order valence-corrected chi connectivity index (χ3v) is 6.60. The summed E-state index contributed by atoms with van der Waals surface area (Å²) in [5.41, 5.74) is 5.23. The van der Waals surface area contributed by atoms with E-state index in [2.05, 4.69) is 26.3 Å². The summed E-state index contributed by atoms with van der Waals surface area (Å²) in [5.74, 6) is 3.71. The number of carbonyl (C=O) groups is 1. The molecule has 3 aliphatic rings. The van der Waals surface area contributed by atoms with E-state index < -0.39 is 0 Å². The highest BCUT2D eigenvalue weighted by Crippen LogP contribution is 2.54. The minimum Gasteiger partial charge on any atom is -0.489 e. The molecule has 1 saturated carbocycles. The number of hydrogen-bond donors (Lipinski definition) is 2. The highest BCUT2D eigenvalue weighted by molar-refractivity contribution is 6.32. The number of imidazole rings is 1. The van der Waals surface area contributed by atoms with Gasteiger partial charge in [0.2, 0.25) is 5.91 Å². The number of H-pyrrole nitrogens is 1. The Morgan fingerprint density at radius 1 is 1.15 bits per heavy atom. The molecular formula is C25H21ClN4O3. The molecule has 0 spiro atoms. The van der Waals surface area contributed by atoms with Crippen molar-refractivity contribution < 1.29 is 14.3 Å². The zero-order valence-corrected chi connectivity index (χ0v) is 18.6. The maximum absolute atomic E-state index is 11.5. The van der Waals surface area contributed by atoms with E-state index in [0.717, 1.165) is 50.9 Å². The molecule has 1 aliphatic carbocycles. The Morgan fingerprint density at radius 2 is 2.06 bits per heavy atom. The lowest BCUT2D eigenvalue weighted by atomic mass is 10.1. The Kier molecular flexibility index (Phi) is 4.73. The third-order valence-electron chi connectivity index (χ3n) is 6.19. The van der Waals surface area contributed by atoms with Crippen molar-refractivity contribution in [1.29, 1.82) is 0 Å². The summed E-state index contributed by atoms with van der Waals surface area (Å²) < 4.78 is 11.8. The molecular weight excluding hydrogens is 440 g/mol. The Balaban J connectivity index is 0.000000158. The van der Waals surface area contributed by atoms with Gasteiger partial charge in [0.15, 0.2) is 0 Å². The molecule has 2 aromatic heterocycles. The summed E-state index contributed by atoms with van der Waals surface area (Å²) in [5, 5.41) is 3.56. The first-order valence-electron chi connectivity index (χ1n) is 10.9. The van der Waals surface area contributed by atoms with E-state index >= 15 is 0 Å². The molecule has 2 aliphatic heterocycles. The smallest absolute Gasteiger partial charge is 0.225 e. The maximum Gasteiger partial charge on any atom is 0.225 e. The summed E-state index contributed by atoms with van der Waals surface area (Å²) in [6.07, 6.45) is 5.95. The molecule has 7 rings (SSSR count). The number of aromatic nitrogens is 3. The summed E-state index contributed by atoms with van der Waals surface area (Å²) in [7, 11) is 0. The quantitative estimate of drug-likeness (QED) is 0.410. The Morgan fingerprint density at radius 3 is 2.97 bits per heavy atom. The number of halogens is 1. The van der Waals surface area contributed by atoms with Crippen LogP contribution in [0.1, 0.15) is 35.4 Å². The number of nitrogens with zero attached hydrogens (tertiary/aromatic N) is 2. The first-order chi connectivity index (χ1) is 16.0. The normalized spacial score (nSPS) is 19.4. The fraction of sp³-hybridized carbons (Fsp3) is 0.240. The monoisotopic (exact) mass is 460 g/mol. The molecule has 7 nitrogen and oxygen atoms in total. The maximum atomic E-state index is 11.5. The number of fused-ring (bicyclic) bond motifs is 5. The van der Waals surface area contributed by atoms with Crippen LogP contribution in [0.5, 0.6) is 17.2 Å². The van der Waals surface area contributed by atoms with Crippen LogP contribution in [-0.2, 0) is 11.2 Å². The summed E-state index contributed by atoms with van der Waals surface area (Å²) >= 11 is 5.89. The lowest BCUT2D eigenvalue weighted by Crippen LogP contribution is -2.20. The van der Waals surface area contributed by atoms with E-state index in [9.17, 15) is 4.79 Å². The fourth-order valence-corrected chi connectivity index (χ4v) is 4.48. The number of rotatable bonds is 2. The molecule has 4 heterocycles. The number of aryl methyl sites for hydroxylation is 1. The Labute approximate surface area is 195 Å². The molecule has 0 radical (unpaired) electrons. The molecule has 166 valence electrons. The molecule has 8 heteroatoms. The minimum atomic E-state index is 0.00612. The number of ether oxygens (including phenoxy) is 2. The molecule has 2 atom stereocenters. The number of nitrogens with one attached hydrogen (secondary N) is 2. The van der Waals surface area contributed by atoms with E-state index in [1.165, 1.54) is 5.56 Å². The molecule has 4 aromatic rings. The molecule has 1 amide bonds. The number of carbonyl (C=O) groups excluding carboxylic acids is 1. The molecule has 0 saturated heterocycles. The van der Waals surface area contributed by atoms with Gasteiger partial charge in [0, 0.05) is 34.7 Å². The molecule has 33 heavy (non-hydrogen) atoms. The average Bonchev–Trinajstić information content (AvgIpc) is 3.27. The van der Waals surface area contributed by atoms with Gasteiger partial charge >= 0.3 is 0 Å². The van der Waals surface area contributed by atoms with Crippen LogP contribution in [0, 0.1) is 6.92 Å². The molecule has 2 N–H and O–H groups in total. The highest BCUT2D eigenvalue weighted by atomic mass is 35.5. The van der Waals surface area contributed by atoms with Gasteiger partial charge in [0.1, 0.15) is 29.2 Å². The van der Waals surface area contributed by atoms with Crippen LogP contribution in [0.15, 0.2) is 48.9 Å². The van der Waals surface area contributed by atoms with E-state index in [1.807, 2.05) is 37.3 Å². The second kappa shape index (κ2) is 7.78. The third kappa shape index (κ3) is 3.78. The lowest BCUT2D eigenvalue weighted by Gasteiger charge is -2.19. The fourth-order valence-electron chi connectivity index (χ4n) is 4.32.